The maximum Gasteiger partial charge on any atom is 0.257 e. The van der Waals surface area contributed by atoms with E-state index < -0.39 is 0 Å². The summed E-state index contributed by atoms with van der Waals surface area (Å²) in [7, 11) is 0. The molecule has 1 aliphatic rings. The molecule has 1 aliphatic heterocycles. The minimum atomic E-state index is -0.231. The Morgan fingerprint density at radius 3 is 2.46 bits per heavy atom. The molecule has 2 N–H and O–H groups in total. The zero-order chi connectivity index (χ0) is 18.7. The maximum atomic E-state index is 12.3. The summed E-state index contributed by atoms with van der Waals surface area (Å²) in [6, 6.07) is 11.3. The maximum absolute atomic E-state index is 12.3. The monoisotopic (exact) mass is 387 g/mol. The molecule has 1 heterocycles. The fourth-order valence-electron chi connectivity index (χ4n) is 3.02. The van der Waals surface area contributed by atoms with Gasteiger partial charge in [-0.3, -0.25) is 10.1 Å². The molecule has 0 spiro atoms. The molecule has 4 nitrogen and oxygen atoms in total. The summed E-state index contributed by atoms with van der Waals surface area (Å²) in [5, 5.41) is 6.66. The molecule has 2 aromatic carbocycles. The van der Waals surface area contributed by atoms with Gasteiger partial charge in [0.25, 0.3) is 5.91 Å². The standard InChI is InChI=1S/C20H22ClN3OS/c1-13-5-6-15(11-14(13)2)19(25)23-20(26)22-16-7-8-18(17(21)12-16)24-9-3-4-10-24/h5-8,11-12H,3-4,9-10H2,1-2H3,(H2,22,23,25,26). The first-order valence-electron chi connectivity index (χ1n) is 8.68. The van der Waals surface area contributed by atoms with E-state index in [1.54, 1.807) is 6.07 Å². The number of halogens is 1. The normalized spacial score (nSPS) is 13.6. The lowest BCUT2D eigenvalue weighted by Crippen LogP contribution is -2.34. The first-order valence-corrected chi connectivity index (χ1v) is 9.47. The van der Waals surface area contributed by atoms with Crippen molar-refractivity contribution in [1.29, 1.82) is 0 Å². The molecule has 1 saturated heterocycles. The summed E-state index contributed by atoms with van der Waals surface area (Å²) in [5.74, 6) is -0.231. The zero-order valence-electron chi connectivity index (χ0n) is 14.9. The molecular weight excluding hydrogens is 366 g/mol. The minimum absolute atomic E-state index is 0.231. The second-order valence-corrected chi connectivity index (χ2v) is 7.38. The molecule has 0 aromatic heterocycles. The van der Waals surface area contributed by atoms with Crippen LogP contribution in [0.5, 0.6) is 0 Å². The molecular formula is C20H22ClN3OS. The molecule has 1 fully saturated rings. The van der Waals surface area contributed by atoms with Gasteiger partial charge in [-0.05, 0) is 80.4 Å². The lowest BCUT2D eigenvalue weighted by Gasteiger charge is -2.20. The Morgan fingerprint density at radius 1 is 1.08 bits per heavy atom. The van der Waals surface area contributed by atoms with Crippen molar-refractivity contribution in [3.05, 3.63) is 58.1 Å². The van der Waals surface area contributed by atoms with Gasteiger partial charge >= 0.3 is 0 Å². The van der Waals surface area contributed by atoms with E-state index in [0.717, 1.165) is 35.6 Å². The number of carbonyl (C=O) groups excluding carboxylic acids is 1. The van der Waals surface area contributed by atoms with E-state index >= 15 is 0 Å². The molecule has 3 rings (SSSR count). The van der Waals surface area contributed by atoms with Gasteiger partial charge in [0.05, 0.1) is 10.7 Å². The number of nitrogens with zero attached hydrogens (tertiary/aromatic N) is 1. The van der Waals surface area contributed by atoms with Gasteiger partial charge in [-0.1, -0.05) is 17.7 Å². The van der Waals surface area contributed by atoms with Crippen molar-refractivity contribution < 1.29 is 4.79 Å². The summed E-state index contributed by atoms with van der Waals surface area (Å²) < 4.78 is 0. The number of rotatable bonds is 3. The highest BCUT2D eigenvalue weighted by Gasteiger charge is 2.15. The average molecular weight is 388 g/mol. The number of carbonyl (C=O) groups is 1. The lowest BCUT2D eigenvalue weighted by atomic mass is 10.1. The van der Waals surface area contributed by atoms with Crippen LogP contribution >= 0.6 is 23.8 Å². The van der Waals surface area contributed by atoms with Crippen LogP contribution in [0.1, 0.15) is 34.3 Å². The molecule has 0 atom stereocenters. The second kappa shape index (κ2) is 8.06. The Kier molecular flexibility index (Phi) is 5.79. The topological polar surface area (TPSA) is 44.4 Å². The van der Waals surface area contributed by atoms with Gasteiger partial charge in [0.15, 0.2) is 5.11 Å². The third kappa shape index (κ3) is 4.34. The number of nitrogens with one attached hydrogen (secondary N) is 2. The predicted octanol–water partition coefficient (Wildman–Crippen LogP) is 4.68. The average Bonchev–Trinajstić information content (AvgIpc) is 3.11. The van der Waals surface area contributed by atoms with Gasteiger partial charge in [-0.25, -0.2) is 0 Å². The minimum Gasteiger partial charge on any atom is -0.370 e. The Labute approximate surface area is 164 Å². The first kappa shape index (κ1) is 18.7. The van der Waals surface area contributed by atoms with Crippen molar-refractivity contribution in [2.75, 3.05) is 23.3 Å². The van der Waals surface area contributed by atoms with Crippen LogP contribution in [0.2, 0.25) is 5.02 Å². The predicted molar refractivity (Wildman–Crippen MR) is 113 cm³/mol. The largest absolute Gasteiger partial charge is 0.370 e. The number of hydrogen-bond donors (Lipinski definition) is 2. The van der Waals surface area contributed by atoms with Crippen LogP contribution in [0.3, 0.4) is 0 Å². The SMILES string of the molecule is Cc1ccc(C(=O)NC(=S)Nc2ccc(N3CCCC3)c(Cl)c2)cc1C. The van der Waals surface area contributed by atoms with E-state index in [1.165, 1.54) is 12.8 Å². The Morgan fingerprint density at radius 2 is 1.81 bits per heavy atom. The van der Waals surface area contributed by atoms with Crippen LogP contribution in [0.25, 0.3) is 0 Å². The van der Waals surface area contributed by atoms with Crippen molar-refractivity contribution >= 4 is 46.2 Å². The molecule has 0 bridgehead atoms. The van der Waals surface area contributed by atoms with Crippen LogP contribution in [0.15, 0.2) is 36.4 Å². The summed E-state index contributed by atoms with van der Waals surface area (Å²) in [6.45, 7) is 6.07. The fraction of sp³-hybridized carbons (Fsp3) is 0.300. The van der Waals surface area contributed by atoms with E-state index in [2.05, 4.69) is 15.5 Å². The smallest absolute Gasteiger partial charge is 0.257 e. The Bertz CT molecular complexity index is 847. The van der Waals surface area contributed by atoms with E-state index in [9.17, 15) is 4.79 Å². The molecule has 0 unspecified atom stereocenters. The number of thiocarbonyl (C=S) groups is 1. The summed E-state index contributed by atoms with van der Waals surface area (Å²) >= 11 is 11.7. The highest BCUT2D eigenvalue weighted by molar-refractivity contribution is 7.80. The summed E-state index contributed by atoms with van der Waals surface area (Å²) in [4.78, 5) is 14.6. The van der Waals surface area contributed by atoms with E-state index in [-0.39, 0.29) is 11.0 Å². The highest BCUT2D eigenvalue weighted by Crippen LogP contribution is 2.31. The second-order valence-electron chi connectivity index (χ2n) is 6.57. The van der Waals surface area contributed by atoms with E-state index in [4.69, 9.17) is 23.8 Å². The fourth-order valence-corrected chi connectivity index (χ4v) is 3.53. The number of benzene rings is 2. The number of aryl methyl sites for hydroxylation is 2. The van der Waals surface area contributed by atoms with Gasteiger partial charge in [-0.15, -0.1) is 0 Å². The van der Waals surface area contributed by atoms with Gasteiger partial charge in [0, 0.05) is 24.3 Å². The van der Waals surface area contributed by atoms with Crippen LogP contribution in [0.4, 0.5) is 11.4 Å². The van der Waals surface area contributed by atoms with Crippen LogP contribution in [0, 0.1) is 13.8 Å². The highest BCUT2D eigenvalue weighted by atomic mass is 35.5. The molecule has 1 amide bonds. The van der Waals surface area contributed by atoms with Gasteiger partial charge in [-0.2, -0.15) is 0 Å². The third-order valence-corrected chi connectivity index (χ3v) is 5.16. The van der Waals surface area contributed by atoms with Crippen LogP contribution in [-0.2, 0) is 0 Å². The molecule has 2 aromatic rings. The Hall–Kier alpha value is -2.11. The van der Waals surface area contributed by atoms with E-state index in [0.29, 0.717) is 10.6 Å². The summed E-state index contributed by atoms with van der Waals surface area (Å²) in [6.07, 6.45) is 2.40. The van der Waals surface area contributed by atoms with Crippen LogP contribution in [-0.4, -0.2) is 24.1 Å². The molecule has 136 valence electrons. The number of amides is 1. The van der Waals surface area contributed by atoms with Crippen LogP contribution < -0.4 is 15.5 Å². The van der Waals surface area contributed by atoms with Crippen molar-refractivity contribution in [3.8, 4) is 0 Å². The van der Waals surface area contributed by atoms with Crippen molar-refractivity contribution in [2.24, 2.45) is 0 Å². The van der Waals surface area contributed by atoms with Gasteiger partial charge in [0.2, 0.25) is 0 Å². The van der Waals surface area contributed by atoms with Gasteiger partial charge in [0.1, 0.15) is 0 Å². The number of anilines is 2. The number of hydrogen-bond acceptors (Lipinski definition) is 3. The quantitative estimate of drug-likeness (QED) is 0.750. The molecule has 0 radical (unpaired) electrons. The lowest BCUT2D eigenvalue weighted by molar-refractivity contribution is 0.0977. The molecule has 26 heavy (non-hydrogen) atoms. The summed E-state index contributed by atoms with van der Waals surface area (Å²) in [5.41, 5.74) is 4.60. The van der Waals surface area contributed by atoms with Gasteiger partial charge < -0.3 is 10.2 Å². The Balaban J connectivity index is 1.63. The van der Waals surface area contributed by atoms with E-state index in [1.807, 2.05) is 44.2 Å². The zero-order valence-corrected chi connectivity index (χ0v) is 16.5. The van der Waals surface area contributed by atoms with Crippen molar-refractivity contribution in [2.45, 2.75) is 26.7 Å². The molecule has 0 saturated carbocycles. The van der Waals surface area contributed by atoms with Crippen molar-refractivity contribution in [1.82, 2.24) is 5.32 Å². The van der Waals surface area contributed by atoms with Crippen molar-refractivity contribution in [3.63, 3.8) is 0 Å². The third-order valence-electron chi connectivity index (χ3n) is 4.65. The first-order chi connectivity index (χ1) is 12.4. The molecule has 6 heteroatoms. The molecule has 0 aliphatic carbocycles.